The molecule has 2 aromatic carbocycles. The fraction of sp³-hybridized carbons (Fsp3) is 0.409. The Labute approximate surface area is 178 Å². The van der Waals surface area contributed by atoms with Crippen molar-refractivity contribution in [3.63, 3.8) is 0 Å². The predicted molar refractivity (Wildman–Crippen MR) is 107 cm³/mol. The van der Waals surface area contributed by atoms with E-state index in [-0.39, 0.29) is 0 Å². The van der Waals surface area contributed by atoms with Crippen molar-refractivity contribution in [1.82, 2.24) is 4.90 Å². The van der Waals surface area contributed by atoms with Crippen LogP contribution >= 0.6 is 0 Å². The van der Waals surface area contributed by atoms with Crippen LogP contribution in [0.25, 0.3) is 0 Å². The monoisotopic (exact) mass is 439 g/mol. The zero-order valence-electron chi connectivity index (χ0n) is 17.4. The molecule has 0 saturated carbocycles. The summed E-state index contributed by atoms with van der Waals surface area (Å²) in [5.74, 6) is 0.151. The number of carbonyl (C=O) groups is 1. The van der Waals surface area contributed by atoms with Crippen molar-refractivity contribution in [2.45, 2.75) is 31.1 Å². The van der Waals surface area contributed by atoms with Crippen molar-refractivity contribution in [3.8, 4) is 17.2 Å². The minimum Gasteiger partial charge on any atom is -0.493 e. The molecule has 2 aromatic rings. The SMILES string of the molecule is COc1cc(C(c2ccc(C(F)(F)F)cc2)N2CCCC2C(=O)O)cc(OC)c1OC. The molecule has 1 aliphatic rings. The maximum Gasteiger partial charge on any atom is 0.416 e. The average Bonchev–Trinajstić information content (AvgIpc) is 3.22. The molecule has 3 rings (SSSR count). The molecule has 0 radical (unpaired) electrons. The normalized spacial score (nSPS) is 17.9. The highest BCUT2D eigenvalue weighted by Gasteiger charge is 2.38. The van der Waals surface area contributed by atoms with Crippen LogP contribution in [-0.2, 0) is 11.0 Å². The topological polar surface area (TPSA) is 68.2 Å². The second-order valence-electron chi connectivity index (χ2n) is 7.22. The number of rotatable bonds is 7. The van der Waals surface area contributed by atoms with E-state index in [4.69, 9.17) is 14.2 Å². The van der Waals surface area contributed by atoms with Gasteiger partial charge in [0.05, 0.1) is 32.9 Å². The highest BCUT2D eigenvalue weighted by atomic mass is 19.4. The van der Waals surface area contributed by atoms with Gasteiger partial charge in [0.1, 0.15) is 6.04 Å². The smallest absolute Gasteiger partial charge is 0.416 e. The fourth-order valence-corrected chi connectivity index (χ4v) is 4.05. The Morgan fingerprint density at radius 2 is 1.61 bits per heavy atom. The molecule has 9 heteroatoms. The van der Waals surface area contributed by atoms with Gasteiger partial charge in [-0.3, -0.25) is 9.69 Å². The second-order valence-corrected chi connectivity index (χ2v) is 7.22. The number of likely N-dealkylation sites (tertiary alicyclic amines) is 1. The standard InChI is InChI=1S/C22H24F3NO5/c1-29-17-11-14(12-18(30-2)20(17)31-3)19(26-10-4-5-16(26)21(27)28)13-6-8-15(9-7-13)22(23,24)25/h6-9,11-12,16,19H,4-5,10H2,1-3H3,(H,27,28). The molecule has 2 atom stereocenters. The summed E-state index contributed by atoms with van der Waals surface area (Å²) >= 11 is 0. The molecule has 0 amide bonds. The van der Waals surface area contributed by atoms with E-state index in [0.29, 0.717) is 47.8 Å². The van der Waals surface area contributed by atoms with Crippen molar-refractivity contribution in [1.29, 1.82) is 0 Å². The molecule has 0 spiro atoms. The van der Waals surface area contributed by atoms with Crippen LogP contribution < -0.4 is 14.2 Å². The van der Waals surface area contributed by atoms with Crippen LogP contribution in [0.1, 0.15) is 35.6 Å². The fourth-order valence-electron chi connectivity index (χ4n) is 4.05. The van der Waals surface area contributed by atoms with Gasteiger partial charge in [-0.05, 0) is 48.2 Å². The van der Waals surface area contributed by atoms with E-state index in [2.05, 4.69) is 0 Å². The molecular formula is C22H24F3NO5. The largest absolute Gasteiger partial charge is 0.493 e. The Balaban J connectivity index is 2.16. The van der Waals surface area contributed by atoms with Crippen LogP contribution in [0.5, 0.6) is 17.2 Å². The van der Waals surface area contributed by atoms with Crippen molar-refractivity contribution in [2.24, 2.45) is 0 Å². The molecule has 1 aliphatic heterocycles. The maximum atomic E-state index is 13.1. The quantitative estimate of drug-likeness (QED) is 0.691. The van der Waals surface area contributed by atoms with Crippen molar-refractivity contribution in [2.75, 3.05) is 27.9 Å². The van der Waals surface area contributed by atoms with Gasteiger partial charge in [-0.2, -0.15) is 13.2 Å². The number of alkyl halides is 3. The second kappa shape index (κ2) is 9.05. The van der Waals surface area contributed by atoms with Crippen molar-refractivity contribution in [3.05, 3.63) is 53.1 Å². The molecule has 1 fully saturated rings. The lowest BCUT2D eigenvalue weighted by Gasteiger charge is -2.32. The lowest BCUT2D eigenvalue weighted by Crippen LogP contribution is -2.39. The van der Waals surface area contributed by atoms with Crippen molar-refractivity contribution < 1.29 is 37.3 Å². The van der Waals surface area contributed by atoms with Gasteiger partial charge in [0.2, 0.25) is 5.75 Å². The number of methoxy groups -OCH3 is 3. The number of ether oxygens (including phenoxy) is 3. The van der Waals surface area contributed by atoms with Gasteiger partial charge in [0, 0.05) is 6.54 Å². The Morgan fingerprint density at radius 1 is 1.03 bits per heavy atom. The number of carboxylic acid groups (broad SMARTS) is 1. The Bertz CT molecular complexity index is 905. The predicted octanol–water partition coefficient (Wildman–Crippen LogP) is 4.37. The van der Waals surface area contributed by atoms with Gasteiger partial charge >= 0.3 is 12.1 Å². The molecule has 1 N–H and O–H groups in total. The summed E-state index contributed by atoms with van der Waals surface area (Å²) in [5, 5.41) is 9.70. The maximum absolute atomic E-state index is 13.1. The van der Waals surface area contributed by atoms with Gasteiger partial charge in [0.15, 0.2) is 11.5 Å². The molecule has 0 aromatic heterocycles. The summed E-state index contributed by atoms with van der Waals surface area (Å²) in [6, 6.07) is 6.80. The first kappa shape index (κ1) is 22.7. The number of hydrogen-bond donors (Lipinski definition) is 1. The first-order valence-corrected chi connectivity index (χ1v) is 9.66. The van der Waals surface area contributed by atoms with Crippen LogP contribution in [0.4, 0.5) is 13.2 Å². The summed E-state index contributed by atoms with van der Waals surface area (Å²) in [6.45, 7) is 0.485. The van der Waals surface area contributed by atoms with Crippen molar-refractivity contribution >= 4 is 5.97 Å². The number of aliphatic carboxylic acids is 1. The number of benzene rings is 2. The first-order valence-electron chi connectivity index (χ1n) is 9.66. The Hall–Kier alpha value is -2.94. The van der Waals surface area contributed by atoms with Gasteiger partial charge in [-0.15, -0.1) is 0 Å². The molecule has 1 heterocycles. The number of carboxylic acids is 1. The number of hydrogen-bond acceptors (Lipinski definition) is 5. The minimum atomic E-state index is -4.46. The zero-order valence-corrected chi connectivity index (χ0v) is 17.4. The third-order valence-electron chi connectivity index (χ3n) is 5.47. The summed E-state index contributed by atoms with van der Waals surface area (Å²) < 4.78 is 55.4. The molecule has 0 aliphatic carbocycles. The Kier molecular flexibility index (Phi) is 6.64. The van der Waals surface area contributed by atoms with E-state index in [1.54, 1.807) is 17.0 Å². The highest BCUT2D eigenvalue weighted by molar-refractivity contribution is 5.74. The van der Waals surface area contributed by atoms with Crippen LogP contribution in [0.15, 0.2) is 36.4 Å². The average molecular weight is 439 g/mol. The third-order valence-corrected chi connectivity index (χ3v) is 5.47. The van der Waals surface area contributed by atoms with Gasteiger partial charge < -0.3 is 19.3 Å². The highest BCUT2D eigenvalue weighted by Crippen LogP contribution is 2.44. The van der Waals surface area contributed by atoms with Gasteiger partial charge in [-0.25, -0.2) is 0 Å². The van der Waals surface area contributed by atoms with E-state index in [9.17, 15) is 23.1 Å². The Morgan fingerprint density at radius 3 is 2.06 bits per heavy atom. The zero-order chi connectivity index (χ0) is 22.8. The third kappa shape index (κ3) is 4.56. The van der Waals surface area contributed by atoms with Gasteiger partial charge in [-0.1, -0.05) is 12.1 Å². The van der Waals surface area contributed by atoms with Crippen LogP contribution in [-0.4, -0.2) is 49.9 Å². The summed E-state index contributed by atoms with van der Waals surface area (Å²) in [4.78, 5) is 13.6. The van der Waals surface area contributed by atoms with E-state index in [0.717, 1.165) is 12.1 Å². The van der Waals surface area contributed by atoms with E-state index in [1.165, 1.54) is 33.5 Å². The molecule has 0 bridgehead atoms. The lowest BCUT2D eigenvalue weighted by molar-refractivity contribution is -0.142. The number of nitrogens with zero attached hydrogens (tertiary/aromatic N) is 1. The number of halogens is 3. The lowest BCUT2D eigenvalue weighted by atomic mass is 9.94. The van der Waals surface area contributed by atoms with E-state index < -0.39 is 29.8 Å². The van der Waals surface area contributed by atoms with Crippen LogP contribution in [0, 0.1) is 0 Å². The molecule has 6 nitrogen and oxygen atoms in total. The minimum absolute atomic E-state index is 0.371. The summed E-state index contributed by atoms with van der Waals surface area (Å²) in [6.07, 6.45) is -3.34. The molecular weight excluding hydrogens is 415 g/mol. The van der Waals surface area contributed by atoms with E-state index in [1.807, 2.05) is 0 Å². The summed E-state index contributed by atoms with van der Waals surface area (Å²) in [7, 11) is 4.39. The molecule has 168 valence electrons. The summed E-state index contributed by atoms with van der Waals surface area (Å²) in [5.41, 5.74) is 0.397. The first-order chi connectivity index (χ1) is 14.7. The molecule has 31 heavy (non-hydrogen) atoms. The van der Waals surface area contributed by atoms with Crippen LogP contribution in [0.2, 0.25) is 0 Å². The van der Waals surface area contributed by atoms with E-state index >= 15 is 0 Å². The van der Waals surface area contributed by atoms with Crippen LogP contribution in [0.3, 0.4) is 0 Å². The molecule has 1 saturated heterocycles. The molecule has 2 unspecified atom stereocenters. The van der Waals surface area contributed by atoms with Gasteiger partial charge in [0.25, 0.3) is 0 Å².